The van der Waals surface area contributed by atoms with Crippen LogP contribution in [0.2, 0.25) is 0 Å². The summed E-state index contributed by atoms with van der Waals surface area (Å²) in [6, 6.07) is 5.39. The molecule has 1 saturated heterocycles. The van der Waals surface area contributed by atoms with E-state index >= 15 is 0 Å². The largest absolute Gasteiger partial charge is 0.336 e. The first-order chi connectivity index (χ1) is 12.1. The van der Waals surface area contributed by atoms with Crippen LogP contribution in [0.5, 0.6) is 0 Å². The van der Waals surface area contributed by atoms with E-state index < -0.39 is 0 Å². The third-order valence-electron chi connectivity index (χ3n) is 4.47. The number of aromatic nitrogens is 3. The van der Waals surface area contributed by atoms with E-state index in [4.69, 9.17) is 5.26 Å². The lowest BCUT2D eigenvalue weighted by Gasteiger charge is -2.21. The Labute approximate surface area is 147 Å². The highest BCUT2D eigenvalue weighted by molar-refractivity contribution is 5.92. The van der Waals surface area contributed by atoms with Gasteiger partial charge in [-0.1, -0.05) is 0 Å². The number of carbonyl (C=O) groups excluding carboxylic acids is 1. The predicted molar refractivity (Wildman–Crippen MR) is 92.7 cm³/mol. The molecule has 1 amide bonds. The third kappa shape index (κ3) is 4.03. The Kier molecular flexibility index (Phi) is 5.10. The molecule has 3 heterocycles. The molecule has 1 fully saturated rings. The molecule has 0 unspecified atom stereocenters. The Bertz CT molecular complexity index is 806. The van der Waals surface area contributed by atoms with Crippen LogP contribution in [0.3, 0.4) is 0 Å². The standard InChI is InChI=1S/C18H22N6O/c1-14-16(10-19)4-5-17(21-14)18(25)24-7-3-6-23(8-9-24)13-15-11-20-22(2)12-15/h4-5,11-12H,3,6-9,13H2,1-2H3. The van der Waals surface area contributed by atoms with Gasteiger partial charge in [0.2, 0.25) is 0 Å². The van der Waals surface area contributed by atoms with Crippen LogP contribution in [0.4, 0.5) is 0 Å². The zero-order valence-corrected chi connectivity index (χ0v) is 14.6. The first kappa shape index (κ1) is 17.1. The van der Waals surface area contributed by atoms with Crippen molar-refractivity contribution in [1.82, 2.24) is 24.6 Å². The van der Waals surface area contributed by atoms with Crippen molar-refractivity contribution in [2.45, 2.75) is 19.9 Å². The Morgan fingerprint density at radius 1 is 1.28 bits per heavy atom. The monoisotopic (exact) mass is 338 g/mol. The zero-order valence-electron chi connectivity index (χ0n) is 14.6. The van der Waals surface area contributed by atoms with Crippen molar-refractivity contribution in [3.8, 4) is 6.07 Å². The Morgan fingerprint density at radius 2 is 2.12 bits per heavy atom. The first-order valence-corrected chi connectivity index (χ1v) is 8.43. The van der Waals surface area contributed by atoms with Gasteiger partial charge in [0.1, 0.15) is 11.8 Å². The summed E-state index contributed by atoms with van der Waals surface area (Å²) in [5.41, 5.74) is 2.71. The molecule has 1 aliphatic rings. The molecule has 0 bridgehead atoms. The SMILES string of the molecule is Cc1nc(C(=O)N2CCCN(Cc3cnn(C)c3)CC2)ccc1C#N. The van der Waals surface area contributed by atoms with Crippen LogP contribution in [-0.2, 0) is 13.6 Å². The topological polar surface area (TPSA) is 78.1 Å². The van der Waals surface area contributed by atoms with Gasteiger partial charge in [-0.15, -0.1) is 0 Å². The maximum Gasteiger partial charge on any atom is 0.272 e. The van der Waals surface area contributed by atoms with Gasteiger partial charge in [-0.3, -0.25) is 14.4 Å². The normalized spacial score (nSPS) is 15.6. The van der Waals surface area contributed by atoms with Crippen LogP contribution in [0, 0.1) is 18.3 Å². The van der Waals surface area contributed by atoms with Crippen molar-refractivity contribution in [2.24, 2.45) is 7.05 Å². The highest BCUT2D eigenvalue weighted by Gasteiger charge is 2.22. The molecular formula is C18H22N6O. The molecule has 2 aromatic heterocycles. The van der Waals surface area contributed by atoms with Crippen LogP contribution >= 0.6 is 0 Å². The molecule has 0 radical (unpaired) electrons. The van der Waals surface area contributed by atoms with Gasteiger partial charge < -0.3 is 4.90 Å². The fourth-order valence-corrected chi connectivity index (χ4v) is 3.10. The van der Waals surface area contributed by atoms with E-state index in [1.807, 2.05) is 29.0 Å². The van der Waals surface area contributed by atoms with Crippen LogP contribution in [0.15, 0.2) is 24.5 Å². The molecule has 0 spiro atoms. The molecule has 7 heteroatoms. The average Bonchev–Trinajstić information content (AvgIpc) is 2.87. The van der Waals surface area contributed by atoms with Gasteiger partial charge in [0.15, 0.2) is 0 Å². The molecule has 130 valence electrons. The summed E-state index contributed by atoms with van der Waals surface area (Å²) in [5.74, 6) is -0.0594. The molecule has 1 aliphatic heterocycles. The Hall–Kier alpha value is -2.72. The molecule has 25 heavy (non-hydrogen) atoms. The molecule has 0 atom stereocenters. The molecule has 3 rings (SSSR count). The van der Waals surface area contributed by atoms with E-state index in [0.717, 1.165) is 32.6 Å². The quantitative estimate of drug-likeness (QED) is 0.844. The van der Waals surface area contributed by atoms with Crippen molar-refractivity contribution in [1.29, 1.82) is 5.26 Å². The minimum Gasteiger partial charge on any atom is -0.336 e. The summed E-state index contributed by atoms with van der Waals surface area (Å²) < 4.78 is 1.81. The molecule has 0 aromatic carbocycles. The summed E-state index contributed by atoms with van der Waals surface area (Å²) in [6.07, 6.45) is 4.84. The molecule has 0 N–H and O–H groups in total. The van der Waals surface area contributed by atoms with Gasteiger partial charge in [-0.2, -0.15) is 10.4 Å². The maximum absolute atomic E-state index is 12.7. The highest BCUT2D eigenvalue weighted by Crippen LogP contribution is 2.12. The Balaban J connectivity index is 1.63. The van der Waals surface area contributed by atoms with E-state index in [2.05, 4.69) is 21.1 Å². The van der Waals surface area contributed by atoms with Crippen LogP contribution in [-0.4, -0.2) is 56.7 Å². The number of nitrogens with zero attached hydrogens (tertiary/aromatic N) is 6. The highest BCUT2D eigenvalue weighted by atomic mass is 16.2. The number of amides is 1. The first-order valence-electron chi connectivity index (χ1n) is 8.43. The second-order valence-corrected chi connectivity index (χ2v) is 6.39. The number of hydrogen-bond donors (Lipinski definition) is 0. The van der Waals surface area contributed by atoms with Crippen molar-refractivity contribution < 1.29 is 4.79 Å². The zero-order chi connectivity index (χ0) is 17.8. The van der Waals surface area contributed by atoms with Gasteiger partial charge in [-0.05, 0) is 25.5 Å². The van der Waals surface area contributed by atoms with E-state index in [0.29, 0.717) is 23.5 Å². The molecular weight excluding hydrogens is 316 g/mol. The summed E-state index contributed by atoms with van der Waals surface area (Å²) in [4.78, 5) is 21.2. The van der Waals surface area contributed by atoms with Gasteiger partial charge in [0.05, 0.1) is 17.5 Å². The number of aryl methyl sites for hydroxylation is 2. The second-order valence-electron chi connectivity index (χ2n) is 6.39. The lowest BCUT2D eigenvalue weighted by Crippen LogP contribution is -2.35. The minimum absolute atomic E-state index is 0.0594. The van der Waals surface area contributed by atoms with E-state index in [1.54, 1.807) is 19.1 Å². The van der Waals surface area contributed by atoms with E-state index in [-0.39, 0.29) is 5.91 Å². The summed E-state index contributed by atoms with van der Waals surface area (Å²) in [7, 11) is 1.92. The van der Waals surface area contributed by atoms with Gasteiger partial charge in [0.25, 0.3) is 5.91 Å². The fourth-order valence-electron chi connectivity index (χ4n) is 3.10. The molecule has 0 saturated carbocycles. The number of nitriles is 1. The lowest BCUT2D eigenvalue weighted by atomic mass is 10.2. The fraction of sp³-hybridized carbons (Fsp3) is 0.444. The van der Waals surface area contributed by atoms with E-state index in [1.165, 1.54) is 5.56 Å². The lowest BCUT2D eigenvalue weighted by molar-refractivity contribution is 0.0755. The summed E-state index contributed by atoms with van der Waals surface area (Å²) in [6.45, 7) is 5.80. The van der Waals surface area contributed by atoms with Gasteiger partial charge in [0, 0.05) is 51.5 Å². The molecule has 0 aliphatic carbocycles. The van der Waals surface area contributed by atoms with Crippen molar-refractivity contribution in [3.63, 3.8) is 0 Å². The number of hydrogen-bond acceptors (Lipinski definition) is 5. The van der Waals surface area contributed by atoms with Crippen LogP contribution in [0.1, 0.15) is 33.7 Å². The third-order valence-corrected chi connectivity index (χ3v) is 4.47. The second kappa shape index (κ2) is 7.45. The summed E-state index contributed by atoms with van der Waals surface area (Å²) >= 11 is 0. The summed E-state index contributed by atoms with van der Waals surface area (Å²) in [5, 5.41) is 13.2. The maximum atomic E-state index is 12.7. The minimum atomic E-state index is -0.0594. The number of rotatable bonds is 3. The smallest absolute Gasteiger partial charge is 0.272 e. The molecule has 2 aromatic rings. The number of carbonyl (C=O) groups is 1. The van der Waals surface area contributed by atoms with Gasteiger partial charge >= 0.3 is 0 Å². The van der Waals surface area contributed by atoms with Crippen molar-refractivity contribution in [3.05, 3.63) is 47.0 Å². The van der Waals surface area contributed by atoms with Crippen LogP contribution in [0.25, 0.3) is 0 Å². The average molecular weight is 338 g/mol. The Morgan fingerprint density at radius 3 is 2.80 bits per heavy atom. The molecule has 7 nitrogen and oxygen atoms in total. The predicted octanol–water partition coefficient (Wildman–Crippen LogP) is 1.34. The van der Waals surface area contributed by atoms with Crippen molar-refractivity contribution in [2.75, 3.05) is 26.2 Å². The van der Waals surface area contributed by atoms with E-state index in [9.17, 15) is 4.79 Å². The number of pyridine rings is 1. The van der Waals surface area contributed by atoms with Gasteiger partial charge in [-0.25, -0.2) is 4.98 Å². The van der Waals surface area contributed by atoms with Crippen molar-refractivity contribution >= 4 is 5.91 Å². The van der Waals surface area contributed by atoms with Crippen LogP contribution < -0.4 is 0 Å².